The molecule has 1 aliphatic rings. The molecule has 0 saturated carbocycles. The van der Waals surface area contributed by atoms with Crippen molar-refractivity contribution < 1.29 is 4.39 Å². The Labute approximate surface area is 120 Å². The van der Waals surface area contributed by atoms with Crippen LogP contribution in [0, 0.1) is 5.82 Å². The van der Waals surface area contributed by atoms with Crippen LogP contribution >= 0.6 is 23.1 Å². The van der Waals surface area contributed by atoms with E-state index in [0.717, 1.165) is 30.6 Å². The Hall–Kier alpha value is -1.04. The molecule has 100 valence electrons. The van der Waals surface area contributed by atoms with Gasteiger partial charge >= 0.3 is 0 Å². The number of benzene rings is 1. The predicted octanol–water partition coefficient (Wildman–Crippen LogP) is 3.67. The van der Waals surface area contributed by atoms with Crippen LogP contribution in [-0.2, 0) is 6.54 Å². The van der Waals surface area contributed by atoms with Crippen LogP contribution in [0.1, 0.15) is 30.1 Å². The van der Waals surface area contributed by atoms with Gasteiger partial charge in [-0.05, 0) is 37.1 Å². The van der Waals surface area contributed by atoms with Crippen LogP contribution in [0.25, 0.3) is 0 Å². The summed E-state index contributed by atoms with van der Waals surface area (Å²) in [7, 11) is 0. The van der Waals surface area contributed by atoms with Crippen molar-refractivity contribution in [2.45, 2.75) is 25.4 Å². The molecule has 3 rings (SSSR count). The van der Waals surface area contributed by atoms with Gasteiger partial charge in [-0.2, -0.15) is 0 Å². The van der Waals surface area contributed by atoms with E-state index in [-0.39, 0.29) is 11.9 Å². The van der Waals surface area contributed by atoms with Gasteiger partial charge in [0.1, 0.15) is 15.8 Å². The zero-order chi connectivity index (χ0) is 13.2. The van der Waals surface area contributed by atoms with E-state index in [1.165, 1.54) is 17.6 Å². The van der Waals surface area contributed by atoms with Crippen LogP contribution in [0.15, 0.2) is 24.3 Å². The van der Waals surface area contributed by atoms with Crippen LogP contribution in [0.5, 0.6) is 0 Å². The van der Waals surface area contributed by atoms with Gasteiger partial charge in [-0.3, -0.25) is 4.90 Å². The Morgan fingerprint density at radius 1 is 1.47 bits per heavy atom. The molecule has 2 aromatic rings. The SMILES string of the molecule is Fc1cccc([C@H]2CCCN2Cc2nnsc2Cl)c1. The van der Waals surface area contributed by atoms with Crippen LogP contribution < -0.4 is 0 Å². The second kappa shape index (κ2) is 5.53. The van der Waals surface area contributed by atoms with E-state index in [4.69, 9.17) is 11.6 Å². The highest BCUT2D eigenvalue weighted by Gasteiger charge is 2.27. The summed E-state index contributed by atoms with van der Waals surface area (Å²) in [5, 5.41) is 4.05. The first-order valence-corrected chi connectivity index (χ1v) is 7.35. The molecule has 0 radical (unpaired) electrons. The zero-order valence-electron chi connectivity index (χ0n) is 10.2. The summed E-state index contributed by atoms with van der Waals surface area (Å²) in [6, 6.07) is 7.08. The van der Waals surface area contributed by atoms with Gasteiger partial charge in [-0.1, -0.05) is 28.2 Å². The molecule has 1 saturated heterocycles. The highest BCUT2D eigenvalue weighted by Crippen LogP contribution is 2.34. The molecule has 1 aromatic carbocycles. The molecule has 0 bridgehead atoms. The minimum atomic E-state index is -0.183. The summed E-state index contributed by atoms with van der Waals surface area (Å²) in [4.78, 5) is 2.29. The Bertz CT molecular complexity index is 575. The van der Waals surface area contributed by atoms with Gasteiger partial charge in [0.05, 0.1) is 0 Å². The van der Waals surface area contributed by atoms with Crippen molar-refractivity contribution in [3.63, 3.8) is 0 Å². The molecular weight excluding hydrogens is 285 g/mol. The fourth-order valence-corrected chi connectivity index (χ4v) is 3.20. The summed E-state index contributed by atoms with van der Waals surface area (Å²) in [5.74, 6) is -0.183. The van der Waals surface area contributed by atoms with E-state index in [9.17, 15) is 4.39 Å². The molecule has 0 unspecified atom stereocenters. The van der Waals surface area contributed by atoms with Crippen molar-refractivity contribution in [1.29, 1.82) is 0 Å². The first kappa shape index (κ1) is 13.0. The first-order chi connectivity index (χ1) is 9.24. The largest absolute Gasteiger partial charge is 0.290 e. The van der Waals surface area contributed by atoms with Gasteiger partial charge < -0.3 is 0 Å². The quantitative estimate of drug-likeness (QED) is 0.865. The first-order valence-electron chi connectivity index (χ1n) is 6.20. The minimum absolute atomic E-state index is 0.183. The topological polar surface area (TPSA) is 29.0 Å². The maximum Gasteiger partial charge on any atom is 0.138 e. The summed E-state index contributed by atoms with van der Waals surface area (Å²) in [6.07, 6.45) is 2.15. The van der Waals surface area contributed by atoms with Crippen molar-refractivity contribution in [1.82, 2.24) is 14.5 Å². The molecule has 6 heteroatoms. The monoisotopic (exact) mass is 297 g/mol. The Morgan fingerprint density at radius 2 is 2.37 bits per heavy atom. The van der Waals surface area contributed by atoms with Gasteiger partial charge in [0.2, 0.25) is 0 Å². The Kier molecular flexibility index (Phi) is 3.77. The molecule has 0 aliphatic carbocycles. The third kappa shape index (κ3) is 2.78. The lowest BCUT2D eigenvalue weighted by Gasteiger charge is -2.23. The maximum absolute atomic E-state index is 13.3. The standard InChI is InChI=1S/C13H13ClFN3S/c14-13-11(16-17-19-13)8-18-6-2-5-12(18)9-3-1-4-10(15)7-9/h1,3-4,7,12H,2,5-6,8H2/t12-/m1/s1. The van der Waals surface area contributed by atoms with Crippen LogP contribution in [0.4, 0.5) is 4.39 Å². The fraction of sp³-hybridized carbons (Fsp3) is 0.385. The molecule has 1 atom stereocenters. The Balaban J connectivity index is 1.80. The van der Waals surface area contributed by atoms with Crippen molar-refractivity contribution in [3.05, 3.63) is 45.7 Å². The summed E-state index contributed by atoms with van der Waals surface area (Å²) in [6.45, 7) is 1.66. The van der Waals surface area contributed by atoms with E-state index >= 15 is 0 Å². The average molecular weight is 298 g/mol. The second-order valence-electron chi connectivity index (χ2n) is 4.68. The molecule has 2 heterocycles. The van der Waals surface area contributed by atoms with E-state index < -0.39 is 0 Å². The average Bonchev–Trinajstić information content (AvgIpc) is 3.00. The zero-order valence-corrected chi connectivity index (χ0v) is 11.8. The van der Waals surface area contributed by atoms with Crippen LogP contribution in [0.3, 0.4) is 0 Å². The lowest BCUT2D eigenvalue weighted by Crippen LogP contribution is -2.23. The number of hydrogen-bond acceptors (Lipinski definition) is 4. The van der Waals surface area contributed by atoms with E-state index in [0.29, 0.717) is 10.9 Å². The van der Waals surface area contributed by atoms with Gasteiger partial charge in [0.15, 0.2) is 0 Å². The van der Waals surface area contributed by atoms with Crippen molar-refractivity contribution in [3.8, 4) is 0 Å². The van der Waals surface area contributed by atoms with E-state index in [2.05, 4.69) is 14.5 Å². The number of nitrogens with zero attached hydrogens (tertiary/aromatic N) is 3. The minimum Gasteiger partial charge on any atom is -0.290 e. The highest BCUT2D eigenvalue weighted by molar-refractivity contribution is 7.10. The number of rotatable bonds is 3. The predicted molar refractivity (Wildman–Crippen MR) is 73.7 cm³/mol. The van der Waals surface area contributed by atoms with Crippen molar-refractivity contribution in [2.75, 3.05) is 6.54 Å². The lowest BCUT2D eigenvalue weighted by atomic mass is 10.0. The summed E-state index contributed by atoms with van der Waals surface area (Å²) < 4.78 is 17.8. The molecule has 1 aromatic heterocycles. The molecule has 3 nitrogen and oxygen atoms in total. The van der Waals surface area contributed by atoms with Gasteiger partial charge in [0, 0.05) is 24.1 Å². The smallest absolute Gasteiger partial charge is 0.138 e. The van der Waals surface area contributed by atoms with Crippen molar-refractivity contribution in [2.24, 2.45) is 0 Å². The van der Waals surface area contributed by atoms with E-state index in [1.54, 1.807) is 12.1 Å². The fourth-order valence-electron chi connectivity index (χ4n) is 2.59. The molecule has 1 aliphatic heterocycles. The molecule has 1 fully saturated rings. The number of hydrogen-bond donors (Lipinski definition) is 0. The van der Waals surface area contributed by atoms with Crippen molar-refractivity contribution >= 4 is 23.1 Å². The molecule has 0 amide bonds. The molecule has 0 N–H and O–H groups in total. The third-order valence-electron chi connectivity index (χ3n) is 3.46. The van der Waals surface area contributed by atoms with Gasteiger partial charge in [0.25, 0.3) is 0 Å². The molecule has 0 spiro atoms. The second-order valence-corrected chi connectivity index (χ2v) is 6.03. The highest BCUT2D eigenvalue weighted by atomic mass is 35.5. The lowest BCUT2D eigenvalue weighted by molar-refractivity contribution is 0.245. The van der Waals surface area contributed by atoms with Crippen LogP contribution in [-0.4, -0.2) is 21.0 Å². The van der Waals surface area contributed by atoms with Crippen LogP contribution in [0.2, 0.25) is 4.34 Å². The molecule has 19 heavy (non-hydrogen) atoms. The van der Waals surface area contributed by atoms with E-state index in [1.807, 2.05) is 6.07 Å². The third-order valence-corrected chi connectivity index (χ3v) is 4.44. The van der Waals surface area contributed by atoms with Gasteiger partial charge in [-0.15, -0.1) is 5.10 Å². The van der Waals surface area contributed by atoms with Gasteiger partial charge in [-0.25, -0.2) is 4.39 Å². The molecular formula is C13H13ClFN3S. The maximum atomic E-state index is 13.3. The summed E-state index contributed by atoms with van der Waals surface area (Å²) in [5.41, 5.74) is 1.84. The Morgan fingerprint density at radius 3 is 3.11 bits per heavy atom. The number of aromatic nitrogens is 2. The summed E-state index contributed by atoms with van der Waals surface area (Å²) >= 11 is 7.25. The normalized spacial score (nSPS) is 20.0. The number of halogens is 2. The number of likely N-dealkylation sites (tertiary alicyclic amines) is 1.